The largest absolute Gasteiger partial charge is 0.465 e. The summed E-state index contributed by atoms with van der Waals surface area (Å²) in [6.45, 7) is 1.78. The Hall–Kier alpha value is -0.650. The third-order valence-corrected chi connectivity index (χ3v) is 3.01. The molecule has 0 spiro atoms. The van der Waals surface area contributed by atoms with Crippen LogP contribution in [0.25, 0.3) is 0 Å². The van der Waals surface area contributed by atoms with E-state index in [1.54, 1.807) is 13.0 Å². The molecule has 0 heterocycles. The molecule has 70 valence electrons. The van der Waals surface area contributed by atoms with Crippen LogP contribution in [0, 0.1) is 16.3 Å². The van der Waals surface area contributed by atoms with E-state index >= 15 is 0 Å². The normalized spacial score (nSPS) is 9.85. The van der Waals surface area contributed by atoms with Crippen LogP contribution >= 0.6 is 22.6 Å². The molecule has 2 nitrogen and oxygen atoms in total. The topological polar surface area (TPSA) is 26.3 Å². The maximum Gasteiger partial charge on any atom is 0.340 e. The first kappa shape index (κ1) is 10.4. The number of carbonyl (C=O) groups excluding carboxylic acids is 1. The van der Waals surface area contributed by atoms with Gasteiger partial charge in [0.15, 0.2) is 5.82 Å². The summed E-state index contributed by atoms with van der Waals surface area (Å²) < 4.78 is 18.3. The number of carbonyl (C=O) groups is 1. The second kappa shape index (κ2) is 4.04. The SMILES string of the molecule is COC(=O)c1ccc(C)c(I)c1F. The Morgan fingerprint density at radius 1 is 1.54 bits per heavy atom. The predicted octanol–water partition coefficient (Wildman–Crippen LogP) is 2.53. The van der Waals surface area contributed by atoms with E-state index in [2.05, 4.69) is 4.74 Å². The van der Waals surface area contributed by atoms with Crippen molar-refractivity contribution >= 4 is 28.6 Å². The highest BCUT2D eigenvalue weighted by atomic mass is 127. The van der Waals surface area contributed by atoms with Crippen molar-refractivity contribution in [3.63, 3.8) is 0 Å². The van der Waals surface area contributed by atoms with Gasteiger partial charge < -0.3 is 4.74 Å². The van der Waals surface area contributed by atoms with Gasteiger partial charge in [0.25, 0.3) is 0 Å². The lowest BCUT2D eigenvalue weighted by Gasteiger charge is -2.04. The molecule has 0 bridgehead atoms. The minimum Gasteiger partial charge on any atom is -0.465 e. The summed E-state index contributed by atoms with van der Waals surface area (Å²) in [6.07, 6.45) is 0. The van der Waals surface area contributed by atoms with Crippen molar-refractivity contribution in [2.45, 2.75) is 6.92 Å². The Bertz CT molecular complexity index is 350. The zero-order valence-electron chi connectivity index (χ0n) is 7.23. The summed E-state index contributed by atoms with van der Waals surface area (Å²) in [6, 6.07) is 3.12. The molecule has 0 saturated carbocycles. The summed E-state index contributed by atoms with van der Waals surface area (Å²) >= 11 is 1.86. The van der Waals surface area contributed by atoms with Crippen LogP contribution in [0.2, 0.25) is 0 Å². The van der Waals surface area contributed by atoms with E-state index in [1.807, 2.05) is 22.6 Å². The number of benzene rings is 1. The van der Waals surface area contributed by atoms with Crippen molar-refractivity contribution in [1.29, 1.82) is 0 Å². The molecule has 13 heavy (non-hydrogen) atoms. The number of esters is 1. The molecule has 4 heteroatoms. The highest BCUT2D eigenvalue weighted by molar-refractivity contribution is 14.1. The number of aryl methyl sites for hydroxylation is 1. The molecule has 0 aliphatic carbocycles. The molecule has 1 aromatic carbocycles. The van der Waals surface area contributed by atoms with E-state index in [4.69, 9.17) is 0 Å². The Morgan fingerprint density at radius 2 is 2.15 bits per heavy atom. The van der Waals surface area contributed by atoms with E-state index < -0.39 is 11.8 Å². The number of hydrogen-bond acceptors (Lipinski definition) is 2. The predicted molar refractivity (Wildman–Crippen MR) is 55.2 cm³/mol. The van der Waals surface area contributed by atoms with Crippen molar-refractivity contribution < 1.29 is 13.9 Å². The lowest BCUT2D eigenvalue weighted by atomic mass is 10.1. The average Bonchev–Trinajstić information content (AvgIpc) is 2.13. The van der Waals surface area contributed by atoms with Crippen molar-refractivity contribution in [1.82, 2.24) is 0 Å². The molecule has 0 aliphatic heterocycles. The van der Waals surface area contributed by atoms with Crippen molar-refractivity contribution in [2.75, 3.05) is 7.11 Å². The highest BCUT2D eigenvalue weighted by Crippen LogP contribution is 2.19. The molecule has 1 rings (SSSR count). The van der Waals surface area contributed by atoms with Gasteiger partial charge in [-0.15, -0.1) is 0 Å². The Kier molecular flexibility index (Phi) is 3.24. The number of methoxy groups -OCH3 is 1. The number of hydrogen-bond donors (Lipinski definition) is 0. The summed E-state index contributed by atoms with van der Waals surface area (Å²) in [4.78, 5) is 11.0. The lowest BCUT2D eigenvalue weighted by Crippen LogP contribution is -2.06. The van der Waals surface area contributed by atoms with Gasteiger partial charge in [0.1, 0.15) is 0 Å². The number of ether oxygens (including phenoxy) is 1. The lowest BCUT2D eigenvalue weighted by molar-refractivity contribution is 0.0595. The van der Waals surface area contributed by atoms with Gasteiger partial charge in [0, 0.05) is 0 Å². The average molecular weight is 294 g/mol. The van der Waals surface area contributed by atoms with E-state index in [0.29, 0.717) is 3.57 Å². The molecular weight excluding hydrogens is 286 g/mol. The fourth-order valence-corrected chi connectivity index (χ4v) is 1.38. The van der Waals surface area contributed by atoms with Crippen LogP contribution in [0.4, 0.5) is 4.39 Å². The van der Waals surface area contributed by atoms with Gasteiger partial charge in [0.2, 0.25) is 0 Å². The number of halogens is 2. The van der Waals surface area contributed by atoms with Crippen LogP contribution in [0.15, 0.2) is 12.1 Å². The van der Waals surface area contributed by atoms with Crippen molar-refractivity contribution in [2.24, 2.45) is 0 Å². The zero-order chi connectivity index (χ0) is 10.0. The van der Waals surface area contributed by atoms with Crippen LogP contribution in [0.1, 0.15) is 15.9 Å². The maximum atomic E-state index is 13.4. The standard InChI is InChI=1S/C9H8FIO2/c1-5-3-4-6(9(12)13-2)7(10)8(5)11/h3-4H,1-2H3. The minimum absolute atomic E-state index is 0.0162. The summed E-state index contributed by atoms with van der Waals surface area (Å²) in [5, 5.41) is 0. The van der Waals surface area contributed by atoms with Gasteiger partial charge in [-0.25, -0.2) is 9.18 Å². The molecule has 0 aromatic heterocycles. The maximum absolute atomic E-state index is 13.4. The van der Waals surface area contributed by atoms with E-state index in [0.717, 1.165) is 5.56 Å². The second-order valence-corrected chi connectivity index (χ2v) is 3.63. The smallest absolute Gasteiger partial charge is 0.340 e. The third-order valence-electron chi connectivity index (χ3n) is 1.68. The molecule has 0 atom stereocenters. The molecule has 0 amide bonds. The summed E-state index contributed by atoms with van der Waals surface area (Å²) in [5.74, 6) is -1.15. The van der Waals surface area contributed by atoms with Crippen molar-refractivity contribution in [3.8, 4) is 0 Å². The van der Waals surface area contributed by atoms with Gasteiger partial charge in [-0.1, -0.05) is 6.07 Å². The van der Waals surface area contributed by atoms with Crippen LogP contribution in [0.3, 0.4) is 0 Å². The summed E-state index contributed by atoms with van der Waals surface area (Å²) in [5.41, 5.74) is 0.795. The van der Waals surface area contributed by atoms with Crippen LogP contribution in [0.5, 0.6) is 0 Å². The van der Waals surface area contributed by atoms with Crippen molar-refractivity contribution in [3.05, 3.63) is 32.6 Å². The van der Waals surface area contributed by atoms with Gasteiger partial charge in [0.05, 0.1) is 16.2 Å². The third kappa shape index (κ3) is 1.99. The first-order valence-corrected chi connectivity index (χ1v) is 4.68. The number of rotatable bonds is 1. The first-order chi connectivity index (χ1) is 6.07. The molecular formula is C9H8FIO2. The summed E-state index contributed by atoms with van der Waals surface area (Å²) in [7, 11) is 1.23. The van der Waals surface area contributed by atoms with Crippen LogP contribution < -0.4 is 0 Å². The van der Waals surface area contributed by atoms with Crippen LogP contribution in [-0.2, 0) is 4.74 Å². The minimum atomic E-state index is -0.643. The van der Waals surface area contributed by atoms with Gasteiger partial charge >= 0.3 is 5.97 Å². The quantitative estimate of drug-likeness (QED) is 0.587. The molecule has 0 N–H and O–H groups in total. The van der Waals surface area contributed by atoms with E-state index in [9.17, 15) is 9.18 Å². The highest BCUT2D eigenvalue weighted by Gasteiger charge is 2.15. The second-order valence-electron chi connectivity index (χ2n) is 2.55. The van der Waals surface area contributed by atoms with Gasteiger partial charge in [-0.3, -0.25) is 0 Å². The molecule has 0 fully saturated rings. The van der Waals surface area contributed by atoms with E-state index in [1.165, 1.54) is 13.2 Å². The van der Waals surface area contributed by atoms with E-state index in [-0.39, 0.29) is 5.56 Å². The fourth-order valence-electron chi connectivity index (χ4n) is 0.914. The van der Waals surface area contributed by atoms with Crippen LogP contribution in [-0.4, -0.2) is 13.1 Å². The molecule has 0 unspecified atom stereocenters. The van der Waals surface area contributed by atoms with Gasteiger partial charge in [-0.05, 0) is 41.1 Å². The zero-order valence-corrected chi connectivity index (χ0v) is 9.38. The Morgan fingerprint density at radius 3 is 2.69 bits per heavy atom. The first-order valence-electron chi connectivity index (χ1n) is 3.61. The Labute approximate surface area is 89.2 Å². The molecule has 0 saturated heterocycles. The van der Waals surface area contributed by atoms with Gasteiger partial charge in [-0.2, -0.15) is 0 Å². The molecule has 0 aliphatic rings. The fraction of sp³-hybridized carbons (Fsp3) is 0.222. The molecule has 0 radical (unpaired) electrons. The molecule has 1 aromatic rings. The monoisotopic (exact) mass is 294 g/mol. The Balaban J connectivity index is 3.26.